The van der Waals surface area contributed by atoms with Gasteiger partial charge in [0, 0.05) is 25.8 Å². The molecule has 0 fully saturated rings. The van der Waals surface area contributed by atoms with Crippen molar-refractivity contribution in [1.29, 1.82) is 0 Å². The Morgan fingerprint density at radius 2 is 1.80 bits per heavy atom. The molecule has 1 aliphatic rings. The van der Waals surface area contributed by atoms with Crippen molar-refractivity contribution >= 4 is 21.9 Å². The van der Waals surface area contributed by atoms with Crippen LogP contribution in [-0.2, 0) is 10.5 Å². The molecule has 0 radical (unpaired) electrons. The third-order valence-electron chi connectivity index (χ3n) is 3.57. The van der Waals surface area contributed by atoms with Crippen molar-refractivity contribution in [2.24, 2.45) is 4.99 Å². The third kappa shape index (κ3) is 2.48. The minimum Gasteiger partial charge on any atom is -1.00 e. The lowest BCUT2D eigenvalue weighted by molar-refractivity contribution is -0.00000404. The second kappa shape index (κ2) is 5.58. The molecule has 0 N–H and O–H groups in total. The molecular formula is C16H19ClN2S. The molecule has 1 aliphatic heterocycles. The Kier molecular flexibility index (Phi) is 4.21. The molecule has 1 unspecified atom stereocenters. The van der Waals surface area contributed by atoms with Crippen LogP contribution in [0.15, 0.2) is 46.3 Å². The summed E-state index contributed by atoms with van der Waals surface area (Å²) < 4.78 is 1.39. The van der Waals surface area contributed by atoms with Gasteiger partial charge in [-0.1, -0.05) is 16.6 Å². The number of rotatable bonds is 1. The average molecular weight is 307 g/mol. The van der Waals surface area contributed by atoms with Gasteiger partial charge < -0.3 is 17.3 Å². The van der Waals surface area contributed by atoms with Gasteiger partial charge in [0.15, 0.2) is 0 Å². The molecule has 2 nitrogen and oxygen atoms in total. The quantitative estimate of drug-likeness (QED) is 0.398. The van der Waals surface area contributed by atoms with E-state index in [1.807, 2.05) is 0 Å². The van der Waals surface area contributed by atoms with Crippen LogP contribution in [0.4, 0.5) is 11.4 Å². The molecule has 0 aromatic heterocycles. The summed E-state index contributed by atoms with van der Waals surface area (Å²) in [7, 11) is 3.86. The number of nitrogens with zero attached hydrogens (tertiary/aromatic N) is 2. The molecule has 0 saturated carbocycles. The maximum atomic E-state index is 4.80. The summed E-state index contributed by atoms with van der Waals surface area (Å²) in [4.78, 5) is 8.35. The lowest BCUT2D eigenvalue weighted by Crippen LogP contribution is -3.00. The maximum Gasteiger partial charge on any atom is 0.144 e. The van der Waals surface area contributed by atoms with Crippen molar-refractivity contribution in [3.05, 3.63) is 51.8 Å². The van der Waals surface area contributed by atoms with Gasteiger partial charge in [0.25, 0.3) is 0 Å². The summed E-state index contributed by atoms with van der Waals surface area (Å²) in [6, 6.07) is 13.2. The number of benzene rings is 2. The summed E-state index contributed by atoms with van der Waals surface area (Å²) in [6.07, 6.45) is 2.33. The average Bonchev–Trinajstić information content (AvgIpc) is 2.39. The van der Waals surface area contributed by atoms with Gasteiger partial charge in [0.05, 0.1) is 6.26 Å². The number of halogens is 1. The van der Waals surface area contributed by atoms with Crippen LogP contribution in [0.1, 0.15) is 5.56 Å². The number of aryl methyl sites for hydroxylation is 1. The molecule has 20 heavy (non-hydrogen) atoms. The van der Waals surface area contributed by atoms with E-state index in [9.17, 15) is 0 Å². The van der Waals surface area contributed by atoms with E-state index in [1.54, 1.807) is 0 Å². The van der Waals surface area contributed by atoms with E-state index in [-0.39, 0.29) is 22.9 Å². The summed E-state index contributed by atoms with van der Waals surface area (Å²) in [5.41, 5.74) is 3.71. The predicted molar refractivity (Wildman–Crippen MR) is 84.6 cm³/mol. The number of hydrogen-bond acceptors (Lipinski definition) is 2. The largest absolute Gasteiger partial charge is 1.00 e. The molecule has 0 spiro atoms. The second-order valence-electron chi connectivity index (χ2n) is 5.23. The Morgan fingerprint density at radius 1 is 1.05 bits per heavy atom. The van der Waals surface area contributed by atoms with Crippen LogP contribution in [0, 0.1) is 11.4 Å². The molecular weight excluding hydrogens is 288 g/mol. The van der Waals surface area contributed by atoms with Gasteiger partial charge in [-0.15, -0.1) is 0 Å². The Hall–Kier alpha value is -1.32. The van der Waals surface area contributed by atoms with Crippen LogP contribution in [0.3, 0.4) is 0 Å². The highest BCUT2D eigenvalue weighted by molar-refractivity contribution is 7.88. The number of anilines is 1. The van der Waals surface area contributed by atoms with Gasteiger partial charge in [-0.25, -0.2) is 4.99 Å². The second-order valence-corrected chi connectivity index (χ2v) is 7.31. The van der Waals surface area contributed by atoms with E-state index in [2.05, 4.69) is 68.6 Å². The van der Waals surface area contributed by atoms with E-state index >= 15 is 0 Å². The van der Waals surface area contributed by atoms with Crippen molar-refractivity contribution in [3.63, 3.8) is 0 Å². The van der Waals surface area contributed by atoms with E-state index in [0.717, 1.165) is 11.0 Å². The van der Waals surface area contributed by atoms with E-state index in [4.69, 9.17) is 4.99 Å². The minimum atomic E-state index is -0.301. The van der Waals surface area contributed by atoms with Crippen LogP contribution in [-0.4, -0.2) is 20.4 Å². The normalized spacial score (nSPS) is 15.5. The van der Waals surface area contributed by atoms with Crippen molar-refractivity contribution in [2.75, 3.05) is 25.3 Å². The summed E-state index contributed by atoms with van der Waals surface area (Å²) in [5, 5.41) is 1.13. The van der Waals surface area contributed by atoms with Gasteiger partial charge in [0.1, 0.15) is 20.5 Å². The van der Waals surface area contributed by atoms with Crippen LogP contribution in [0.5, 0.6) is 0 Å². The van der Waals surface area contributed by atoms with Gasteiger partial charge >= 0.3 is 0 Å². The van der Waals surface area contributed by atoms with Gasteiger partial charge in [-0.2, -0.15) is 0 Å². The van der Waals surface area contributed by atoms with Crippen LogP contribution in [0.25, 0.3) is 0 Å². The van der Waals surface area contributed by atoms with Gasteiger partial charge in [0.2, 0.25) is 0 Å². The Labute approximate surface area is 128 Å². The molecule has 0 bridgehead atoms. The summed E-state index contributed by atoms with van der Waals surface area (Å²) in [5.74, 6) is 0. The molecule has 0 aliphatic carbocycles. The minimum absolute atomic E-state index is 0. The SMILES string of the molecule is Cc1ccc2c(c1)[SH+](C)=c1cc(N(C)C)ccc1=N2.[Cl-]. The van der Waals surface area contributed by atoms with E-state index in [1.165, 1.54) is 20.7 Å². The standard InChI is InChI=1S/C16H18N2S.ClH/c1-11-5-7-13-15(9-11)19(4)16-10-12(18(2)3)6-8-14(16)17-13;/h5-10H,1-4H3;1H. The fourth-order valence-electron chi connectivity index (χ4n) is 2.41. The Balaban J connectivity index is 0.00000147. The molecule has 2 aromatic carbocycles. The first-order chi connectivity index (χ1) is 9.06. The molecule has 106 valence electrons. The van der Waals surface area contributed by atoms with Crippen LogP contribution >= 0.6 is 0 Å². The van der Waals surface area contributed by atoms with Gasteiger partial charge in [-0.3, -0.25) is 0 Å². The van der Waals surface area contributed by atoms with Crippen molar-refractivity contribution in [3.8, 4) is 0 Å². The highest BCUT2D eigenvalue weighted by Crippen LogP contribution is 2.27. The first-order valence-electron chi connectivity index (χ1n) is 6.44. The highest BCUT2D eigenvalue weighted by Gasteiger charge is 2.15. The topological polar surface area (TPSA) is 15.6 Å². The molecule has 3 rings (SSSR count). The Morgan fingerprint density at radius 3 is 2.50 bits per heavy atom. The molecule has 0 amide bonds. The molecule has 4 heteroatoms. The molecule has 1 atom stereocenters. The zero-order valence-electron chi connectivity index (χ0n) is 12.2. The highest BCUT2D eigenvalue weighted by atomic mass is 35.5. The van der Waals surface area contributed by atoms with Crippen molar-refractivity contribution < 1.29 is 12.4 Å². The molecule has 2 aromatic rings. The molecule has 0 saturated heterocycles. The monoisotopic (exact) mass is 306 g/mol. The number of hydrogen-bond donors (Lipinski definition) is 0. The fraction of sp³-hybridized carbons (Fsp3) is 0.250. The first kappa shape index (κ1) is 15.1. The predicted octanol–water partition coefficient (Wildman–Crippen LogP) is -0.380. The first-order valence-corrected chi connectivity index (χ1v) is 8.22. The van der Waals surface area contributed by atoms with Crippen LogP contribution < -0.4 is 22.7 Å². The van der Waals surface area contributed by atoms with Crippen molar-refractivity contribution in [1.82, 2.24) is 0 Å². The lowest BCUT2D eigenvalue weighted by Gasteiger charge is -2.13. The zero-order chi connectivity index (χ0) is 13.6. The summed E-state index contributed by atoms with van der Waals surface area (Å²) >= 11 is 0. The zero-order valence-corrected chi connectivity index (χ0v) is 13.8. The lowest BCUT2D eigenvalue weighted by atomic mass is 10.2. The molecule has 1 heterocycles. The maximum absolute atomic E-state index is 4.80. The fourth-order valence-corrected chi connectivity index (χ4v) is 4.33. The third-order valence-corrected chi connectivity index (χ3v) is 5.73. The van der Waals surface area contributed by atoms with Gasteiger partial charge in [-0.05, 0) is 36.8 Å². The van der Waals surface area contributed by atoms with Crippen LogP contribution in [0.2, 0.25) is 0 Å². The smallest absolute Gasteiger partial charge is 0.144 e. The Bertz CT molecular complexity index is 782. The summed E-state index contributed by atoms with van der Waals surface area (Å²) in [6.45, 7) is 2.15. The van der Waals surface area contributed by atoms with E-state index < -0.39 is 0 Å². The number of thiol groups is 1. The number of fused-ring (bicyclic) bond motifs is 2. The van der Waals surface area contributed by atoms with E-state index in [0.29, 0.717) is 0 Å². The van der Waals surface area contributed by atoms with Crippen molar-refractivity contribution in [2.45, 2.75) is 11.8 Å².